The van der Waals surface area contributed by atoms with E-state index in [1.54, 1.807) is 12.1 Å². The first-order chi connectivity index (χ1) is 15.8. The van der Waals surface area contributed by atoms with Gasteiger partial charge >= 0.3 is 0 Å². The predicted molar refractivity (Wildman–Crippen MR) is 128 cm³/mol. The third-order valence-electron chi connectivity index (χ3n) is 4.96. The van der Waals surface area contributed by atoms with Crippen molar-refractivity contribution in [3.8, 4) is 5.75 Å². The largest absolute Gasteiger partial charge is 0.485 e. The zero-order chi connectivity index (χ0) is 24.0. The van der Waals surface area contributed by atoms with Crippen molar-refractivity contribution in [2.24, 2.45) is 0 Å². The van der Waals surface area contributed by atoms with Gasteiger partial charge in [-0.2, -0.15) is 0 Å². The lowest BCUT2D eigenvalue weighted by Crippen LogP contribution is -2.16. The van der Waals surface area contributed by atoms with Crippen LogP contribution < -0.4 is 10.1 Å². The molecular weight excluding hydrogens is 442 g/mol. The van der Waals surface area contributed by atoms with E-state index in [9.17, 15) is 14.9 Å². The maximum absolute atomic E-state index is 12.4. The first kappa shape index (κ1) is 24.2. The van der Waals surface area contributed by atoms with E-state index in [4.69, 9.17) is 4.74 Å². The Morgan fingerprint density at radius 1 is 1.24 bits per heavy atom. The first-order valence-electron chi connectivity index (χ1n) is 10.6. The minimum atomic E-state index is -0.526. The van der Waals surface area contributed by atoms with Crippen molar-refractivity contribution in [2.45, 2.75) is 51.9 Å². The molecule has 33 heavy (non-hydrogen) atoms. The second-order valence-electron chi connectivity index (χ2n) is 7.74. The molecule has 3 rings (SSSR count). The second-order valence-corrected chi connectivity index (χ2v) is 8.68. The summed E-state index contributed by atoms with van der Waals surface area (Å²) >= 11 is 1.22. The number of para-hydroxylation sites is 2. The van der Waals surface area contributed by atoms with Gasteiger partial charge < -0.3 is 14.6 Å². The van der Waals surface area contributed by atoms with E-state index in [-0.39, 0.29) is 29.6 Å². The minimum absolute atomic E-state index is 0.0421. The van der Waals surface area contributed by atoms with E-state index < -0.39 is 4.92 Å². The molecule has 1 heterocycles. The lowest BCUT2D eigenvalue weighted by molar-refractivity contribution is -0.383. The van der Waals surface area contributed by atoms with Crippen LogP contribution in [0.1, 0.15) is 43.6 Å². The number of ether oxygens (including phenoxy) is 1. The van der Waals surface area contributed by atoms with E-state index in [0.717, 1.165) is 16.9 Å². The molecule has 1 amide bonds. The highest BCUT2D eigenvalue weighted by Crippen LogP contribution is 2.29. The summed E-state index contributed by atoms with van der Waals surface area (Å²) in [5, 5.41) is 22.8. The van der Waals surface area contributed by atoms with Gasteiger partial charge in [0.1, 0.15) is 18.0 Å². The highest BCUT2D eigenvalue weighted by molar-refractivity contribution is 7.99. The number of hydrogen-bond acceptors (Lipinski definition) is 7. The summed E-state index contributed by atoms with van der Waals surface area (Å²) in [6.07, 6.45) is 0. The van der Waals surface area contributed by atoms with Crippen LogP contribution in [0, 0.1) is 17.0 Å². The number of carbonyl (C=O) groups excluding carboxylic acids is 1. The van der Waals surface area contributed by atoms with Gasteiger partial charge in [-0.1, -0.05) is 49.9 Å². The molecule has 0 saturated heterocycles. The topological polar surface area (TPSA) is 112 Å². The molecule has 0 aliphatic carbocycles. The Morgan fingerprint density at radius 2 is 2.00 bits per heavy atom. The van der Waals surface area contributed by atoms with Crippen LogP contribution >= 0.6 is 11.8 Å². The number of nitrogens with one attached hydrogen (secondary N) is 1. The van der Waals surface area contributed by atoms with Gasteiger partial charge in [-0.3, -0.25) is 14.9 Å². The molecule has 174 valence electrons. The number of benzene rings is 2. The summed E-state index contributed by atoms with van der Waals surface area (Å²) in [6.45, 7) is 9.11. The van der Waals surface area contributed by atoms with Crippen molar-refractivity contribution in [2.75, 3.05) is 11.1 Å². The number of anilines is 1. The molecule has 0 saturated carbocycles. The lowest BCUT2D eigenvalue weighted by atomic mass is 10.0. The first-order valence-corrected chi connectivity index (χ1v) is 11.6. The van der Waals surface area contributed by atoms with E-state index >= 15 is 0 Å². The third kappa shape index (κ3) is 6.10. The molecule has 3 aromatic rings. The second kappa shape index (κ2) is 11.0. The molecule has 1 aromatic heterocycles. The summed E-state index contributed by atoms with van der Waals surface area (Å²) < 4.78 is 7.98. The summed E-state index contributed by atoms with van der Waals surface area (Å²) in [5.41, 5.74) is 2.26. The molecular formula is C23H27N5O4S. The minimum Gasteiger partial charge on any atom is -0.485 e. The molecule has 0 spiro atoms. The zero-order valence-electron chi connectivity index (χ0n) is 19.1. The normalized spacial score (nSPS) is 10.9. The fourth-order valence-corrected chi connectivity index (χ4v) is 4.11. The fraction of sp³-hybridized carbons (Fsp3) is 0.348. The molecule has 0 aliphatic rings. The average molecular weight is 470 g/mol. The quantitative estimate of drug-likeness (QED) is 0.254. The van der Waals surface area contributed by atoms with Crippen LogP contribution in [0.15, 0.2) is 47.6 Å². The van der Waals surface area contributed by atoms with Gasteiger partial charge in [0, 0.05) is 12.6 Å². The third-order valence-corrected chi connectivity index (χ3v) is 5.93. The van der Waals surface area contributed by atoms with Gasteiger partial charge in [0.15, 0.2) is 11.0 Å². The van der Waals surface area contributed by atoms with Crippen LogP contribution in [-0.2, 0) is 17.9 Å². The Balaban J connectivity index is 1.65. The molecule has 1 N–H and O–H groups in total. The molecule has 10 heteroatoms. The van der Waals surface area contributed by atoms with Crippen molar-refractivity contribution in [1.29, 1.82) is 0 Å². The highest BCUT2D eigenvalue weighted by Gasteiger charge is 2.18. The van der Waals surface area contributed by atoms with Crippen molar-refractivity contribution >= 4 is 29.0 Å². The van der Waals surface area contributed by atoms with E-state index in [1.807, 2.05) is 24.5 Å². The van der Waals surface area contributed by atoms with Crippen molar-refractivity contribution in [3.63, 3.8) is 0 Å². The van der Waals surface area contributed by atoms with Gasteiger partial charge in [-0.05, 0) is 43.0 Å². The van der Waals surface area contributed by atoms with Crippen LogP contribution in [0.2, 0.25) is 0 Å². The fourth-order valence-electron chi connectivity index (χ4n) is 3.29. The zero-order valence-corrected chi connectivity index (χ0v) is 19.9. The predicted octanol–water partition coefficient (Wildman–Crippen LogP) is 4.95. The van der Waals surface area contributed by atoms with Crippen LogP contribution in [0.25, 0.3) is 0 Å². The lowest BCUT2D eigenvalue weighted by Gasteiger charge is -2.15. The number of nitro groups is 1. The van der Waals surface area contributed by atoms with Gasteiger partial charge in [0.25, 0.3) is 5.69 Å². The van der Waals surface area contributed by atoms with Gasteiger partial charge in [0.05, 0.1) is 10.7 Å². The van der Waals surface area contributed by atoms with Crippen LogP contribution in [0.4, 0.5) is 11.4 Å². The number of nitro benzene ring substituents is 1. The molecule has 0 aliphatic heterocycles. The molecule has 0 atom stereocenters. The maximum atomic E-state index is 12.4. The Bertz CT molecular complexity index is 1150. The number of carbonyl (C=O) groups is 1. The Hall–Kier alpha value is -3.40. The summed E-state index contributed by atoms with van der Waals surface area (Å²) in [7, 11) is 0. The molecule has 2 aromatic carbocycles. The van der Waals surface area contributed by atoms with E-state index in [1.165, 1.54) is 23.9 Å². The summed E-state index contributed by atoms with van der Waals surface area (Å²) in [4.78, 5) is 23.0. The van der Waals surface area contributed by atoms with Crippen molar-refractivity contribution < 1.29 is 14.5 Å². The average Bonchev–Trinajstić information content (AvgIpc) is 3.18. The van der Waals surface area contributed by atoms with Crippen LogP contribution in [-0.4, -0.2) is 31.3 Å². The van der Waals surface area contributed by atoms with Gasteiger partial charge in [0.2, 0.25) is 5.91 Å². The Morgan fingerprint density at radius 3 is 2.70 bits per heavy atom. The van der Waals surface area contributed by atoms with Crippen molar-refractivity contribution in [1.82, 2.24) is 14.8 Å². The van der Waals surface area contributed by atoms with Crippen molar-refractivity contribution in [3.05, 3.63) is 69.5 Å². The highest BCUT2D eigenvalue weighted by atomic mass is 32.2. The summed E-state index contributed by atoms with van der Waals surface area (Å²) in [5.74, 6) is 1.50. The van der Waals surface area contributed by atoms with E-state index in [2.05, 4.69) is 41.5 Å². The number of thioether (sulfide) groups is 1. The Kier molecular flexibility index (Phi) is 8.05. The van der Waals surface area contributed by atoms with Crippen LogP contribution in [0.5, 0.6) is 5.75 Å². The number of aryl methyl sites for hydroxylation is 1. The number of nitrogens with zero attached hydrogens (tertiary/aromatic N) is 4. The van der Waals surface area contributed by atoms with Crippen LogP contribution in [0.3, 0.4) is 0 Å². The smallest absolute Gasteiger partial charge is 0.292 e. The maximum Gasteiger partial charge on any atom is 0.292 e. The van der Waals surface area contributed by atoms with Gasteiger partial charge in [-0.25, -0.2) is 0 Å². The number of rotatable bonds is 10. The SMILES string of the molecule is CCn1c(COc2cc(C)ccc2C(C)C)nnc1SCC(=O)Nc1ccccc1[N+](=O)[O-]. The molecule has 0 unspecified atom stereocenters. The summed E-state index contributed by atoms with van der Waals surface area (Å²) in [6, 6.07) is 12.2. The Labute approximate surface area is 196 Å². The number of hydrogen-bond donors (Lipinski definition) is 1. The van der Waals surface area contributed by atoms with Gasteiger partial charge in [-0.15, -0.1) is 10.2 Å². The molecule has 9 nitrogen and oxygen atoms in total. The standard InChI is InChI=1S/C23H27N5O4S/c1-5-27-21(13-32-20-12-16(4)10-11-17(20)15(2)3)25-26-23(27)33-14-22(29)24-18-8-6-7-9-19(18)28(30)31/h6-12,15H,5,13-14H2,1-4H3,(H,24,29). The van der Waals surface area contributed by atoms with E-state index in [0.29, 0.717) is 23.4 Å². The molecule has 0 bridgehead atoms. The number of aromatic nitrogens is 3. The molecule has 0 fully saturated rings. The molecule has 0 radical (unpaired) electrons. The number of amides is 1. The monoisotopic (exact) mass is 469 g/mol.